The lowest BCUT2D eigenvalue weighted by Gasteiger charge is -1.69. The molecule has 2 nitrogen and oxygen atoms in total. The third-order valence-electron chi connectivity index (χ3n) is 0.188. The van der Waals surface area contributed by atoms with Crippen molar-refractivity contribution in [3.63, 3.8) is 0 Å². The van der Waals surface area contributed by atoms with Crippen molar-refractivity contribution in [2.75, 3.05) is 5.88 Å². The predicted octanol–water partition coefficient (Wildman–Crippen LogP) is -0.0105. The van der Waals surface area contributed by atoms with E-state index in [1.807, 2.05) is 0 Å². The maximum atomic E-state index is 9.68. The van der Waals surface area contributed by atoms with Gasteiger partial charge in [-0.1, -0.05) is 0 Å². The molecule has 0 rings (SSSR count). The second-order valence-electron chi connectivity index (χ2n) is 0.836. The first-order valence-electron chi connectivity index (χ1n) is 1.32. The Morgan fingerprint density at radius 1 is 1.83 bits per heavy atom. The second-order valence-corrected chi connectivity index (χ2v) is 1.10. The van der Waals surface area contributed by atoms with Gasteiger partial charge in [-0.15, -0.1) is 11.6 Å². The van der Waals surface area contributed by atoms with Crippen LogP contribution in [0, 0.1) is 0 Å². The number of carbonyl (C=O) groups is 1. The molecule has 0 radical (unpaired) electrons. The monoisotopic (exact) mass is 110 g/mol. The number of hydrogen-bond acceptors (Lipinski definition) is 1. The Morgan fingerprint density at radius 3 is 2.00 bits per heavy atom. The van der Waals surface area contributed by atoms with E-state index in [9.17, 15) is 4.79 Å². The van der Waals surface area contributed by atoms with Gasteiger partial charge in [0.2, 0.25) is 0 Å². The fourth-order valence-corrected chi connectivity index (χ4v) is 0. The lowest BCUT2D eigenvalue weighted by atomic mass is 10.5. The minimum Gasteiger partial charge on any atom is -0.412 e. The fraction of sp³-hybridized carbons (Fsp3) is 0.667. The molecule has 6 heavy (non-hydrogen) atoms. The van der Waals surface area contributed by atoms with Crippen LogP contribution in [0.25, 0.3) is 0 Å². The third-order valence-corrected chi connectivity index (χ3v) is 0.565. The number of carbonyl (C=O) groups excluding carboxylic acids is 1. The Balaban J connectivity index is 0. The van der Waals surface area contributed by atoms with E-state index in [-0.39, 0.29) is 17.1 Å². The van der Waals surface area contributed by atoms with Crippen LogP contribution in [0.4, 0.5) is 0 Å². The van der Waals surface area contributed by atoms with Gasteiger partial charge in [0.1, 0.15) is 5.78 Å². The molecule has 38 valence electrons. The third kappa shape index (κ3) is 9.07. The highest BCUT2D eigenvalue weighted by Gasteiger charge is 1.79. The van der Waals surface area contributed by atoms with E-state index in [0.29, 0.717) is 0 Å². The molecule has 0 saturated heterocycles. The van der Waals surface area contributed by atoms with Gasteiger partial charge < -0.3 is 5.48 Å². The molecule has 0 aromatic rings. The molecule has 0 aliphatic carbocycles. The van der Waals surface area contributed by atoms with Gasteiger partial charge in [0.25, 0.3) is 0 Å². The highest BCUT2D eigenvalue weighted by molar-refractivity contribution is 6.27. The van der Waals surface area contributed by atoms with Crippen molar-refractivity contribution in [1.82, 2.24) is 0 Å². The molecule has 0 unspecified atom stereocenters. The number of halogens is 1. The van der Waals surface area contributed by atoms with Crippen LogP contribution >= 0.6 is 11.6 Å². The quantitative estimate of drug-likeness (QED) is 0.438. The van der Waals surface area contributed by atoms with E-state index in [1.165, 1.54) is 6.92 Å². The van der Waals surface area contributed by atoms with Crippen LogP contribution in [-0.2, 0) is 4.79 Å². The van der Waals surface area contributed by atoms with Crippen LogP contribution < -0.4 is 0 Å². The van der Waals surface area contributed by atoms with Crippen molar-refractivity contribution in [3.05, 3.63) is 0 Å². The summed E-state index contributed by atoms with van der Waals surface area (Å²) in [6.07, 6.45) is 0. The summed E-state index contributed by atoms with van der Waals surface area (Å²) in [4.78, 5) is 9.68. The lowest BCUT2D eigenvalue weighted by molar-refractivity contribution is -0.114. The van der Waals surface area contributed by atoms with E-state index in [0.717, 1.165) is 0 Å². The van der Waals surface area contributed by atoms with E-state index >= 15 is 0 Å². The van der Waals surface area contributed by atoms with Gasteiger partial charge in [-0.2, -0.15) is 0 Å². The van der Waals surface area contributed by atoms with Crippen LogP contribution in [0.5, 0.6) is 0 Å². The summed E-state index contributed by atoms with van der Waals surface area (Å²) in [5.74, 6) is 0.159. The summed E-state index contributed by atoms with van der Waals surface area (Å²) in [7, 11) is 0. The lowest BCUT2D eigenvalue weighted by Crippen LogP contribution is -1.86. The standard InChI is InChI=1S/C3H5ClO.H2O/c1-3(5)2-4;/h2H2,1H3;1H2. The van der Waals surface area contributed by atoms with Crippen LogP contribution in [0.3, 0.4) is 0 Å². The summed E-state index contributed by atoms with van der Waals surface area (Å²) >= 11 is 4.99. The summed E-state index contributed by atoms with van der Waals surface area (Å²) in [6, 6.07) is 0. The van der Waals surface area contributed by atoms with E-state index in [4.69, 9.17) is 11.6 Å². The molecule has 0 saturated carbocycles. The maximum Gasteiger partial charge on any atom is 0.144 e. The highest BCUT2D eigenvalue weighted by atomic mass is 35.5. The van der Waals surface area contributed by atoms with Crippen LogP contribution in [0.2, 0.25) is 0 Å². The average molecular weight is 111 g/mol. The van der Waals surface area contributed by atoms with Crippen LogP contribution in [0.1, 0.15) is 6.92 Å². The molecule has 0 heterocycles. The summed E-state index contributed by atoms with van der Waals surface area (Å²) in [6.45, 7) is 1.45. The Bertz CT molecular complexity index is 44.1. The van der Waals surface area contributed by atoms with Crippen molar-refractivity contribution < 1.29 is 10.3 Å². The average Bonchev–Trinajstić information content (AvgIpc) is 1.38. The van der Waals surface area contributed by atoms with Crippen molar-refractivity contribution in [2.45, 2.75) is 6.92 Å². The Hall–Kier alpha value is -0.0800. The van der Waals surface area contributed by atoms with Gasteiger partial charge in [-0.3, -0.25) is 4.79 Å². The highest BCUT2D eigenvalue weighted by Crippen LogP contribution is 1.71. The minimum absolute atomic E-state index is 0. The van der Waals surface area contributed by atoms with Crippen LogP contribution in [-0.4, -0.2) is 17.1 Å². The Morgan fingerprint density at radius 2 is 2.00 bits per heavy atom. The fourth-order valence-electron chi connectivity index (χ4n) is 0. The van der Waals surface area contributed by atoms with E-state index < -0.39 is 0 Å². The van der Waals surface area contributed by atoms with Crippen LogP contribution in [0.15, 0.2) is 0 Å². The zero-order valence-electron chi connectivity index (χ0n) is 3.49. The van der Waals surface area contributed by atoms with Gasteiger partial charge in [0.15, 0.2) is 0 Å². The molecular weight excluding hydrogens is 103 g/mol. The molecule has 0 bridgehead atoms. The van der Waals surface area contributed by atoms with Gasteiger partial charge in [0, 0.05) is 0 Å². The molecule has 0 aliphatic rings. The zero-order chi connectivity index (χ0) is 4.28. The zero-order valence-corrected chi connectivity index (χ0v) is 4.25. The Labute approximate surface area is 41.4 Å². The second kappa shape index (κ2) is 4.92. The molecule has 0 aromatic heterocycles. The summed E-state index contributed by atoms with van der Waals surface area (Å²) < 4.78 is 0. The summed E-state index contributed by atoms with van der Waals surface area (Å²) in [5.41, 5.74) is 0. The first-order valence-corrected chi connectivity index (χ1v) is 1.86. The van der Waals surface area contributed by atoms with Crippen molar-refractivity contribution >= 4 is 17.4 Å². The molecular formula is C3H7ClO2. The first kappa shape index (κ1) is 9.33. The molecule has 2 N–H and O–H groups in total. The molecule has 3 heteroatoms. The van der Waals surface area contributed by atoms with E-state index in [1.54, 1.807) is 0 Å². The molecule has 0 spiro atoms. The van der Waals surface area contributed by atoms with Gasteiger partial charge in [-0.05, 0) is 6.92 Å². The molecule has 0 amide bonds. The largest absolute Gasteiger partial charge is 0.412 e. The number of alkyl halides is 1. The number of rotatable bonds is 1. The molecule has 0 aliphatic heterocycles. The van der Waals surface area contributed by atoms with Crippen molar-refractivity contribution in [2.24, 2.45) is 0 Å². The maximum absolute atomic E-state index is 9.68. The topological polar surface area (TPSA) is 48.6 Å². The van der Waals surface area contributed by atoms with Gasteiger partial charge in [-0.25, -0.2) is 0 Å². The summed E-state index contributed by atoms with van der Waals surface area (Å²) in [5, 5.41) is 0. The van der Waals surface area contributed by atoms with Gasteiger partial charge in [0.05, 0.1) is 5.88 Å². The van der Waals surface area contributed by atoms with Crippen molar-refractivity contribution in [3.8, 4) is 0 Å². The van der Waals surface area contributed by atoms with Gasteiger partial charge >= 0.3 is 0 Å². The minimum atomic E-state index is 0. The molecule has 0 fully saturated rings. The van der Waals surface area contributed by atoms with Crippen molar-refractivity contribution in [1.29, 1.82) is 0 Å². The molecule has 0 aromatic carbocycles. The molecule has 0 atom stereocenters. The predicted molar refractivity (Wildman–Crippen MR) is 25.0 cm³/mol. The smallest absolute Gasteiger partial charge is 0.144 e. The Kier molecular flexibility index (Phi) is 7.65. The number of ketones is 1. The first-order chi connectivity index (χ1) is 2.27. The number of Topliss-reactive ketones (excluding diaryl/α,β-unsaturated/α-hetero) is 1. The SMILES string of the molecule is CC(=O)CCl.O. The number of hydrogen-bond donors (Lipinski definition) is 0. The van der Waals surface area contributed by atoms with E-state index in [2.05, 4.69) is 0 Å². The normalized spacial score (nSPS) is 6.33.